The molecule has 0 atom stereocenters. The molecule has 2 aromatic rings. The molecule has 2 aliphatic rings. The molecule has 1 fully saturated rings. The molecule has 0 unspecified atom stereocenters. The molecule has 4 rings (SSSR count). The standard InChI is InChI=1S/C23H31N5O2S/c1-2-24-23(27-14-12-26(13-15-27)17-19-7-5-16-31-19)25-10-6-11-28-20-8-3-4-9-21(20)30-18-22(28)29/h3-5,7-9,16H,2,6,10-15,17-18H2,1H3,(H,24,25). The van der Waals surface area contributed by atoms with Gasteiger partial charge in [-0.1, -0.05) is 18.2 Å². The van der Waals surface area contributed by atoms with Crippen LogP contribution in [0.1, 0.15) is 18.2 Å². The summed E-state index contributed by atoms with van der Waals surface area (Å²) >= 11 is 1.83. The molecule has 1 aromatic heterocycles. The number of carbonyl (C=O) groups excluding carboxylic acids is 1. The van der Waals surface area contributed by atoms with Gasteiger partial charge in [0.05, 0.1) is 5.69 Å². The van der Waals surface area contributed by atoms with Gasteiger partial charge in [0.1, 0.15) is 5.75 Å². The van der Waals surface area contributed by atoms with E-state index < -0.39 is 0 Å². The number of para-hydroxylation sites is 2. The van der Waals surface area contributed by atoms with Crippen LogP contribution in [0.25, 0.3) is 0 Å². The average Bonchev–Trinajstić information content (AvgIpc) is 3.31. The van der Waals surface area contributed by atoms with E-state index in [-0.39, 0.29) is 12.5 Å². The topological polar surface area (TPSA) is 60.4 Å². The number of amides is 1. The van der Waals surface area contributed by atoms with Gasteiger partial charge in [0, 0.05) is 57.2 Å². The Balaban J connectivity index is 1.28. The van der Waals surface area contributed by atoms with Crippen LogP contribution in [0.3, 0.4) is 0 Å². The van der Waals surface area contributed by atoms with Crippen molar-refractivity contribution in [3.63, 3.8) is 0 Å². The van der Waals surface area contributed by atoms with Gasteiger partial charge in [-0.25, -0.2) is 0 Å². The van der Waals surface area contributed by atoms with E-state index in [4.69, 9.17) is 9.73 Å². The molecule has 166 valence electrons. The minimum absolute atomic E-state index is 0.0106. The van der Waals surface area contributed by atoms with Crippen molar-refractivity contribution in [3.05, 3.63) is 46.7 Å². The van der Waals surface area contributed by atoms with Crippen LogP contribution >= 0.6 is 11.3 Å². The minimum atomic E-state index is 0.0106. The van der Waals surface area contributed by atoms with E-state index in [0.29, 0.717) is 13.1 Å². The molecule has 3 heterocycles. The first-order valence-corrected chi connectivity index (χ1v) is 11.9. The van der Waals surface area contributed by atoms with Gasteiger partial charge >= 0.3 is 0 Å². The number of carbonyl (C=O) groups is 1. The molecule has 0 radical (unpaired) electrons. The molecule has 7 nitrogen and oxygen atoms in total. The van der Waals surface area contributed by atoms with Gasteiger partial charge in [-0.15, -0.1) is 11.3 Å². The van der Waals surface area contributed by atoms with Crippen molar-refractivity contribution in [1.82, 2.24) is 15.1 Å². The predicted octanol–water partition coefficient (Wildman–Crippen LogP) is 2.65. The summed E-state index contributed by atoms with van der Waals surface area (Å²) in [6.45, 7) is 9.48. The van der Waals surface area contributed by atoms with Crippen LogP contribution in [0.2, 0.25) is 0 Å². The summed E-state index contributed by atoms with van der Waals surface area (Å²) in [7, 11) is 0. The van der Waals surface area contributed by atoms with Gasteiger partial charge in [0.15, 0.2) is 12.6 Å². The number of nitrogens with one attached hydrogen (secondary N) is 1. The molecular weight excluding hydrogens is 410 g/mol. The summed E-state index contributed by atoms with van der Waals surface area (Å²) in [5.74, 6) is 1.77. The fourth-order valence-electron chi connectivity index (χ4n) is 3.98. The highest BCUT2D eigenvalue weighted by Crippen LogP contribution is 2.31. The van der Waals surface area contributed by atoms with Crippen LogP contribution in [0.5, 0.6) is 5.75 Å². The fourth-order valence-corrected chi connectivity index (χ4v) is 4.73. The van der Waals surface area contributed by atoms with E-state index in [9.17, 15) is 4.79 Å². The van der Waals surface area contributed by atoms with E-state index in [1.54, 1.807) is 0 Å². The SMILES string of the molecule is CCNC(=NCCCN1C(=O)COc2ccccc21)N1CCN(Cc2cccs2)CC1. The molecule has 31 heavy (non-hydrogen) atoms. The third kappa shape index (κ3) is 5.57. The van der Waals surface area contributed by atoms with Crippen molar-refractivity contribution < 1.29 is 9.53 Å². The number of nitrogens with zero attached hydrogens (tertiary/aromatic N) is 4. The molecule has 2 aliphatic heterocycles. The third-order valence-corrected chi connectivity index (χ3v) is 6.44. The lowest BCUT2D eigenvalue weighted by atomic mass is 10.2. The molecule has 0 aliphatic carbocycles. The van der Waals surface area contributed by atoms with Crippen molar-refractivity contribution in [3.8, 4) is 5.75 Å². The van der Waals surface area contributed by atoms with Gasteiger partial charge in [-0.3, -0.25) is 14.7 Å². The van der Waals surface area contributed by atoms with Gasteiger partial charge < -0.3 is 19.9 Å². The largest absolute Gasteiger partial charge is 0.482 e. The Kier molecular flexibility index (Phi) is 7.43. The van der Waals surface area contributed by atoms with Crippen molar-refractivity contribution in [2.75, 3.05) is 57.3 Å². The van der Waals surface area contributed by atoms with Crippen molar-refractivity contribution in [2.45, 2.75) is 19.9 Å². The molecule has 1 amide bonds. The maximum absolute atomic E-state index is 12.3. The first-order valence-electron chi connectivity index (χ1n) is 11.0. The zero-order valence-corrected chi connectivity index (χ0v) is 18.9. The number of rotatable bonds is 7. The van der Waals surface area contributed by atoms with E-state index in [1.807, 2.05) is 40.5 Å². The lowest BCUT2D eigenvalue weighted by Crippen LogP contribution is -2.52. The number of hydrogen-bond acceptors (Lipinski definition) is 5. The zero-order chi connectivity index (χ0) is 21.5. The fraction of sp³-hybridized carbons (Fsp3) is 0.478. The van der Waals surface area contributed by atoms with Crippen LogP contribution in [0.4, 0.5) is 5.69 Å². The Bertz CT molecular complexity index is 878. The maximum atomic E-state index is 12.3. The van der Waals surface area contributed by atoms with Crippen molar-refractivity contribution in [1.29, 1.82) is 0 Å². The molecule has 0 saturated carbocycles. The average molecular weight is 442 g/mol. The highest BCUT2D eigenvalue weighted by atomic mass is 32.1. The zero-order valence-electron chi connectivity index (χ0n) is 18.1. The van der Waals surface area contributed by atoms with Crippen LogP contribution in [0.15, 0.2) is 46.8 Å². The molecule has 1 saturated heterocycles. The number of guanidine groups is 1. The number of aliphatic imine (C=N–C) groups is 1. The van der Waals surface area contributed by atoms with E-state index in [0.717, 1.165) is 63.1 Å². The van der Waals surface area contributed by atoms with Gasteiger partial charge in [0.2, 0.25) is 0 Å². The van der Waals surface area contributed by atoms with Crippen molar-refractivity contribution >= 4 is 28.9 Å². The Hall–Kier alpha value is -2.58. The number of anilines is 1. The van der Waals surface area contributed by atoms with E-state index in [2.05, 4.69) is 39.6 Å². The smallest absolute Gasteiger partial charge is 0.265 e. The number of benzene rings is 1. The second-order valence-corrected chi connectivity index (χ2v) is 8.77. The molecule has 1 N–H and O–H groups in total. The predicted molar refractivity (Wildman–Crippen MR) is 126 cm³/mol. The maximum Gasteiger partial charge on any atom is 0.265 e. The number of ether oxygens (including phenoxy) is 1. The second kappa shape index (κ2) is 10.6. The van der Waals surface area contributed by atoms with Gasteiger partial charge in [-0.05, 0) is 36.9 Å². The van der Waals surface area contributed by atoms with Gasteiger partial charge in [0.25, 0.3) is 5.91 Å². The van der Waals surface area contributed by atoms with Crippen LogP contribution < -0.4 is 15.0 Å². The summed E-state index contributed by atoms with van der Waals surface area (Å²) in [5.41, 5.74) is 0.858. The number of fused-ring (bicyclic) bond motifs is 1. The quantitative estimate of drug-likeness (QED) is 0.407. The minimum Gasteiger partial charge on any atom is -0.482 e. The summed E-state index contributed by atoms with van der Waals surface area (Å²) in [4.78, 5) is 25.3. The summed E-state index contributed by atoms with van der Waals surface area (Å²) in [5, 5.41) is 5.58. The highest BCUT2D eigenvalue weighted by molar-refractivity contribution is 7.09. The Labute approximate surface area is 188 Å². The molecule has 1 aromatic carbocycles. The Morgan fingerprint density at radius 1 is 1.16 bits per heavy atom. The highest BCUT2D eigenvalue weighted by Gasteiger charge is 2.24. The third-order valence-electron chi connectivity index (χ3n) is 5.58. The lowest BCUT2D eigenvalue weighted by Gasteiger charge is -2.36. The molecule has 0 spiro atoms. The van der Waals surface area contributed by atoms with Crippen LogP contribution in [-0.2, 0) is 11.3 Å². The van der Waals surface area contributed by atoms with Crippen LogP contribution in [0, 0.1) is 0 Å². The summed E-state index contributed by atoms with van der Waals surface area (Å²) in [6.07, 6.45) is 0.813. The summed E-state index contributed by atoms with van der Waals surface area (Å²) in [6, 6.07) is 12.0. The van der Waals surface area contributed by atoms with E-state index in [1.165, 1.54) is 4.88 Å². The Morgan fingerprint density at radius 3 is 2.77 bits per heavy atom. The van der Waals surface area contributed by atoms with Crippen LogP contribution in [-0.4, -0.2) is 74.1 Å². The van der Waals surface area contributed by atoms with Gasteiger partial charge in [-0.2, -0.15) is 0 Å². The normalized spacial score (nSPS) is 17.5. The lowest BCUT2D eigenvalue weighted by molar-refractivity contribution is -0.121. The molecule has 0 bridgehead atoms. The first kappa shape index (κ1) is 21.6. The Morgan fingerprint density at radius 2 is 2.00 bits per heavy atom. The first-order chi connectivity index (χ1) is 15.2. The van der Waals surface area contributed by atoms with Crippen molar-refractivity contribution in [2.24, 2.45) is 4.99 Å². The monoisotopic (exact) mass is 441 g/mol. The number of piperazine rings is 1. The second-order valence-electron chi connectivity index (χ2n) is 7.73. The van der Waals surface area contributed by atoms with E-state index >= 15 is 0 Å². The number of hydrogen-bond donors (Lipinski definition) is 1. The molecular formula is C23H31N5O2S. The number of thiophene rings is 1. The summed E-state index contributed by atoms with van der Waals surface area (Å²) < 4.78 is 5.52. The molecule has 8 heteroatoms.